The normalized spacial score (nSPS) is 11.2. The van der Waals surface area contributed by atoms with Gasteiger partial charge in [-0.3, -0.25) is 9.52 Å². The predicted molar refractivity (Wildman–Crippen MR) is 122 cm³/mol. The number of hydrogen-bond donors (Lipinski definition) is 2. The van der Waals surface area contributed by atoms with Gasteiger partial charge in [0.1, 0.15) is 0 Å². The van der Waals surface area contributed by atoms with Crippen molar-refractivity contribution in [1.29, 1.82) is 0 Å². The SMILES string of the molecule is Cc1ccc(C)c(CC(=O)Nc2ccc(S(=O)(=O)Nc3ccc(Cl)cc3Cl)cc2)c1. The van der Waals surface area contributed by atoms with E-state index in [1.165, 1.54) is 24.3 Å². The summed E-state index contributed by atoms with van der Waals surface area (Å²) < 4.78 is 27.6. The molecule has 0 aliphatic heterocycles. The first-order chi connectivity index (χ1) is 14.1. The van der Waals surface area contributed by atoms with Crippen molar-refractivity contribution in [2.24, 2.45) is 0 Å². The number of halogens is 2. The van der Waals surface area contributed by atoms with Gasteiger partial charge in [0.05, 0.1) is 22.0 Å². The summed E-state index contributed by atoms with van der Waals surface area (Å²) in [6.45, 7) is 3.94. The molecule has 156 valence electrons. The molecule has 0 aliphatic rings. The highest BCUT2D eigenvalue weighted by Crippen LogP contribution is 2.28. The highest BCUT2D eigenvalue weighted by Gasteiger charge is 2.16. The molecule has 0 unspecified atom stereocenters. The fourth-order valence-electron chi connectivity index (χ4n) is 2.86. The van der Waals surface area contributed by atoms with Gasteiger partial charge in [-0.15, -0.1) is 0 Å². The molecule has 30 heavy (non-hydrogen) atoms. The first kappa shape index (κ1) is 22.2. The maximum absolute atomic E-state index is 12.6. The molecule has 8 heteroatoms. The van der Waals surface area contributed by atoms with E-state index in [0.29, 0.717) is 10.7 Å². The van der Waals surface area contributed by atoms with E-state index in [0.717, 1.165) is 16.7 Å². The standard InChI is InChI=1S/C22H20Cl2N2O3S/c1-14-3-4-15(2)16(11-14)12-22(27)25-18-6-8-19(9-7-18)30(28,29)26-21-10-5-17(23)13-20(21)24/h3-11,13,26H,12H2,1-2H3,(H,25,27). The Morgan fingerprint density at radius 2 is 1.63 bits per heavy atom. The molecular formula is C22H20Cl2N2O3S. The van der Waals surface area contributed by atoms with Crippen LogP contribution in [0.1, 0.15) is 16.7 Å². The molecule has 5 nitrogen and oxygen atoms in total. The van der Waals surface area contributed by atoms with Crippen molar-refractivity contribution in [1.82, 2.24) is 0 Å². The Morgan fingerprint density at radius 1 is 0.933 bits per heavy atom. The van der Waals surface area contributed by atoms with E-state index in [4.69, 9.17) is 23.2 Å². The first-order valence-electron chi connectivity index (χ1n) is 9.08. The summed E-state index contributed by atoms with van der Waals surface area (Å²) in [5.74, 6) is -0.176. The maximum Gasteiger partial charge on any atom is 0.261 e. The number of sulfonamides is 1. The molecule has 3 aromatic carbocycles. The Balaban J connectivity index is 1.69. The predicted octanol–water partition coefficient (Wildman–Crippen LogP) is 5.59. The highest BCUT2D eigenvalue weighted by atomic mass is 35.5. The van der Waals surface area contributed by atoms with Crippen LogP contribution < -0.4 is 10.0 Å². The van der Waals surface area contributed by atoms with Crippen molar-refractivity contribution in [3.8, 4) is 0 Å². The van der Waals surface area contributed by atoms with E-state index in [2.05, 4.69) is 10.0 Å². The molecule has 0 aliphatic carbocycles. The average Bonchev–Trinajstić information content (AvgIpc) is 2.67. The van der Waals surface area contributed by atoms with E-state index in [9.17, 15) is 13.2 Å². The zero-order valence-electron chi connectivity index (χ0n) is 16.4. The van der Waals surface area contributed by atoms with Crippen molar-refractivity contribution >= 4 is 50.5 Å². The minimum absolute atomic E-state index is 0.0426. The van der Waals surface area contributed by atoms with E-state index in [1.807, 2.05) is 32.0 Å². The summed E-state index contributed by atoms with van der Waals surface area (Å²) in [6.07, 6.45) is 0.240. The lowest BCUT2D eigenvalue weighted by Crippen LogP contribution is -2.16. The Kier molecular flexibility index (Phi) is 6.71. The Bertz CT molecular complexity index is 1190. The molecule has 0 saturated heterocycles. The number of nitrogens with one attached hydrogen (secondary N) is 2. The molecule has 0 fully saturated rings. The van der Waals surface area contributed by atoms with Crippen LogP contribution >= 0.6 is 23.2 Å². The smallest absolute Gasteiger partial charge is 0.261 e. The van der Waals surface area contributed by atoms with Gasteiger partial charge in [-0.25, -0.2) is 8.42 Å². The van der Waals surface area contributed by atoms with Crippen LogP contribution in [-0.4, -0.2) is 14.3 Å². The van der Waals surface area contributed by atoms with Gasteiger partial charge in [-0.05, 0) is 67.4 Å². The fraction of sp³-hybridized carbons (Fsp3) is 0.136. The number of hydrogen-bond acceptors (Lipinski definition) is 3. The second kappa shape index (κ2) is 9.08. The Hall–Kier alpha value is -2.54. The van der Waals surface area contributed by atoms with Gasteiger partial charge >= 0.3 is 0 Å². The summed E-state index contributed by atoms with van der Waals surface area (Å²) in [6, 6.07) is 16.4. The second-order valence-corrected chi connectivity index (χ2v) is 9.43. The van der Waals surface area contributed by atoms with Gasteiger partial charge < -0.3 is 5.32 Å². The maximum atomic E-state index is 12.6. The molecule has 0 bridgehead atoms. The summed E-state index contributed by atoms with van der Waals surface area (Å²) in [5, 5.41) is 3.39. The topological polar surface area (TPSA) is 75.3 Å². The quantitative estimate of drug-likeness (QED) is 0.500. The van der Waals surface area contributed by atoms with Crippen molar-refractivity contribution in [3.05, 3.63) is 87.4 Å². The van der Waals surface area contributed by atoms with Crippen molar-refractivity contribution < 1.29 is 13.2 Å². The average molecular weight is 463 g/mol. The minimum Gasteiger partial charge on any atom is -0.326 e. The number of benzene rings is 3. The molecule has 0 heterocycles. The molecular weight excluding hydrogens is 443 g/mol. The molecule has 0 atom stereocenters. The zero-order valence-corrected chi connectivity index (χ0v) is 18.7. The summed E-state index contributed by atoms with van der Waals surface area (Å²) in [4.78, 5) is 12.4. The van der Waals surface area contributed by atoms with Crippen molar-refractivity contribution in [2.75, 3.05) is 10.0 Å². The summed E-state index contributed by atoms with van der Waals surface area (Å²) in [5.41, 5.74) is 3.83. The van der Waals surface area contributed by atoms with Crippen molar-refractivity contribution in [3.63, 3.8) is 0 Å². The van der Waals surface area contributed by atoms with Crippen molar-refractivity contribution in [2.45, 2.75) is 25.2 Å². The molecule has 3 aromatic rings. The van der Waals surface area contributed by atoms with E-state index >= 15 is 0 Å². The number of rotatable bonds is 6. The number of amides is 1. The summed E-state index contributed by atoms with van der Waals surface area (Å²) in [7, 11) is -3.84. The third kappa shape index (κ3) is 5.53. The molecule has 0 spiro atoms. The van der Waals surface area contributed by atoms with Crippen LogP contribution in [-0.2, 0) is 21.2 Å². The third-order valence-electron chi connectivity index (χ3n) is 4.48. The molecule has 2 N–H and O–H groups in total. The fourth-order valence-corrected chi connectivity index (χ4v) is 4.45. The molecule has 3 rings (SSSR count). The van der Waals surface area contributed by atoms with E-state index in [1.54, 1.807) is 18.2 Å². The Labute approximate surface area is 186 Å². The van der Waals surface area contributed by atoms with Crippen LogP contribution in [0.5, 0.6) is 0 Å². The highest BCUT2D eigenvalue weighted by molar-refractivity contribution is 7.92. The molecule has 0 saturated carbocycles. The van der Waals surface area contributed by atoms with E-state index < -0.39 is 10.0 Å². The zero-order chi connectivity index (χ0) is 21.9. The molecule has 0 aromatic heterocycles. The number of aryl methyl sites for hydroxylation is 2. The summed E-state index contributed by atoms with van der Waals surface area (Å²) >= 11 is 11.9. The van der Waals surface area contributed by atoms with Crippen LogP contribution in [0.15, 0.2) is 65.6 Å². The van der Waals surface area contributed by atoms with E-state index in [-0.39, 0.29) is 27.9 Å². The second-order valence-electron chi connectivity index (χ2n) is 6.91. The van der Waals surface area contributed by atoms with Crippen LogP contribution in [0.2, 0.25) is 10.0 Å². The minimum atomic E-state index is -3.84. The lowest BCUT2D eigenvalue weighted by Gasteiger charge is -2.11. The number of carbonyl (C=O) groups is 1. The molecule has 1 amide bonds. The lowest BCUT2D eigenvalue weighted by atomic mass is 10.0. The van der Waals surface area contributed by atoms with Crippen LogP contribution in [0.3, 0.4) is 0 Å². The Morgan fingerprint density at radius 3 is 2.30 bits per heavy atom. The van der Waals surface area contributed by atoms with Crippen LogP contribution in [0, 0.1) is 13.8 Å². The van der Waals surface area contributed by atoms with Gasteiger partial charge in [-0.2, -0.15) is 0 Å². The van der Waals surface area contributed by atoms with Gasteiger partial charge in [-0.1, -0.05) is 47.0 Å². The van der Waals surface area contributed by atoms with Crippen LogP contribution in [0.4, 0.5) is 11.4 Å². The molecule has 0 radical (unpaired) electrons. The number of anilines is 2. The van der Waals surface area contributed by atoms with Gasteiger partial charge in [0.15, 0.2) is 0 Å². The van der Waals surface area contributed by atoms with Gasteiger partial charge in [0, 0.05) is 10.7 Å². The van der Waals surface area contributed by atoms with Crippen LogP contribution in [0.25, 0.3) is 0 Å². The largest absolute Gasteiger partial charge is 0.326 e. The number of carbonyl (C=O) groups excluding carboxylic acids is 1. The van der Waals surface area contributed by atoms with Gasteiger partial charge in [0.25, 0.3) is 10.0 Å². The monoisotopic (exact) mass is 462 g/mol. The lowest BCUT2D eigenvalue weighted by molar-refractivity contribution is -0.115. The third-order valence-corrected chi connectivity index (χ3v) is 6.41. The van der Waals surface area contributed by atoms with Gasteiger partial charge in [0.2, 0.25) is 5.91 Å². The first-order valence-corrected chi connectivity index (χ1v) is 11.3.